The number of halogens is 3. The second-order valence-electron chi connectivity index (χ2n) is 9.83. The Labute approximate surface area is 243 Å². The Morgan fingerprint density at radius 1 is 1.12 bits per heavy atom. The van der Waals surface area contributed by atoms with E-state index in [1.807, 2.05) is 31.3 Å². The number of hydrogen-bond acceptors (Lipinski definition) is 5. The predicted octanol–water partition coefficient (Wildman–Crippen LogP) is 5.43. The number of rotatable bonds is 9. The van der Waals surface area contributed by atoms with Crippen LogP contribution in [0.15, 0.2) is 60.7 Å². The number of methoxy groups -OCH3 is 1. The van der Waals surface area contributed by atoms with Gasteiger partial charge in [0.25, 0.3) is 11.8 Å². The van der Waals surface area contributed by atoms with Crippen LogP contribution in [0.5, 0.6) is 5.75 Å². The van der Waals surface area contributed by atoms with Gasteiger partial charge in [-0.15, -0.1) is 0 Å². The van der Waals surface area contributed by atoms with Gasteiger partial charge in [-0.25, -0.2) is 13.7 Å². The van der Waals surface area contributed by atoms with Gasteiger partial charge >= 0.3 is 0 Å². The van der Waals surface area contributed by atoms with Crippen LogP contribution < -0.4 is 10.1 Å². The summed E-state index contributed by atoms with van der Waals surface area (Å²) in [6.45, 7) is 4.32. The molecule has 1 atom stereocenters. The molecule has 3 aromatic rings. The van der Waals surface area contributed by atoms with Crippen LogP contribution in [0, 0.1) is 23.1 Å². The van der Waals surface area contributed by atoms with Gasteiger partial charge in [-0.3, -0.25) is 9.59 Å². The van der Waals surface area contributed by atoms with Gasteiger partial charge < -0.3 is 15.0 Å². The molecule has 214 valence electrons. The highest BCUT2D eigenvalue weighted by Crippen LogP contribution is 2.28. The third-order valence-corrected chi connectivity index (χ3v) is 7.74. The number of nitrogens with one attached hydrogen (secondary N) is 1. The number of hydrogen-bond donors (Lipinski definition) is 1. The molecule has 3 aromatic carbocycles. The van der Waals surface area contributed by atoms with Gasteiger partial charge in [0.05, 0.1) is 7.11 Å². The molecule has 2 amide bonds. The van der Waals surface area contributed by atoms with Crippen LogP contribution in [-0.2, 0) is 11.2 Å². The molecule has 1 N–H and O–H groups in total. The summed E-state index contributed by atoms with van der Waals surface area (Å²) in [6, 6.07) is 14.1. The third-order valence-electron chi connectivity index (χ3n) is 7.41. The Bertz CT molecular complexity index is 1410. The first-order valence-electron chi connectivity index (χ1n) is 13.4. The highest BCUT2D eigenvalue weighted by Gasteiger charge is 2.34. The molecule has 0 aliphatic carbocycles. The molecule has 0 saturated carbocycles. The van der Waals surface area contributed by atoms with E-state index in [-0.39, 0.29) is 17.4 Å². The van der Waals surface area contributed by atoms with Crippen molar-refractivity contribution in [1.82, 2.24) is 15.1 Å². The van der Waals surface area contributed by atoms with Gasteiger partial charge in [0.15, 0.2) is 6.19 Å². The number of benzene rings is 3. The fourth-order valence-electron chi connectivity index (χ4n) is 5.01. The average molecular weight is 581 g/mol. The molecular formula is C31H31ClF2N4O3. The highest BCUT2D eigenvalue weighted by molar-refractivity contribution is 6.33. The molecule has 1 heterocycles. The topological polar surface area (TPSA) is 85.7 Å². The molecule has 1 fully saturated rings. The predicted molar refractivity (Wildman–Crippen MR) is 152 cm³/mol. The summed E-state index contributed by atoms with van der Waals surface area (Å²) in [4.78, 5) is 30.3. The minimum atomic E-state index is -1.40. The van der Waals surface area contributed by atoms with Crippen LogP contribution in [0.25, 0.3) is 11.1 Å². The number of carbonyl (C=O) groups is 2. The smallest absolute Gasteiger partial charge is 0.258 e. The Morgan fingerprint density at radius 3 is 2.32 bits per heavy atom. The molecule has 4 rings (SSSR count). The zero-order chi connectivity index (χ0) is 29.5. The van der Waals surface area contributed by atoms with E-state index < -0.39 is 41.5 Å². The summed E-state index contributed by atoms with van der Waals surface area (Å²) in [5.41, 5.74) is 1.42. The van der Waals surface area contributed by atoms with E-state index in [1.165, 1.54) is 7.11 Å². The number of likely N-dealkylation sites (tertiary alicyclic amines) is 1. The first-order valence-corrected chi connectivity index (χ1v) is 13.8. The van der Waals surface area contributed by atoms with E-state index in [4.69, 9.17) is 16.3 Å². The van der Waals surface area contributed by atoms with Gasteiger partial charge in [-0.1, -0.05) is 48.9 Å². The van der Waals surface area contributed by atoms with E-state index in [2.05, 4.69) is 10.2 Å². The van der Waals surface area contributed by atoms with Crippen LogP contribution >= 0.6 is 11.6 Å². The van der Waals surface area contributed by atoms with Crippen molar-refractivity contribution in [3.8, 4) is 23.1 Å². The molecule has 0 bridgehead atoms. The standard InChI is InChI=1S/C31H31ClF2N4O3/c1-3-37-14-12-22(13-15-37)38(19-35)31(40)29(18-25-27(33)16-23(41-2)17-28(25)34)36-30(39)21-10-8-20(9-11-21)24-6-4-5-7-26(24)32/h4-11,16-17,22,29H,3,12-15,18H2,1-2H3,(H,36,39)/t29-/m0/s1. The Balaban J connectivity index is 1.60. The fraction of sp³-hybridized carbons (Fsp3) is 0.323. The number of nitrogens with zero attached hydrogens (tertiary/aromatic N) is 3. The summed E-state index contributed by atoms with van der Waals surface area (Å²) in [5, 5.41) is 13.1. The van der Waals surface area contributed by atoms with Crippen LogP contribution in [0.1, 0.15) is 35.7 Å². The number of ether oxygens (including phenoxy) is 1. The van der Waals surface area contributed by atoms with Crippen LogP contribution in [0.4, 0.5) is 8.78 Å². The molecular weight excluding hydrogens is 550 g/mol. The van der Waals surface area contributed by atoms with Crippen molar-refractivity contribution in [2.45, 2.75) is 38.3 Å². The maximum atomic E-state index is 14.9. The van der Waals surface area contributed by atoms with E-state index in [1.54, 1.807) is 30.3 Å². The van der Waals surface area contributed by atoms with Crippen LogP contribution in [0.2, 0.25) is 5.02 Å². The third kappa shape index (κ3) is 7.02. The quantitative estimate of drug-likeness (QED) is 0.269. The van der Waals surface area contributed by atoms with Gasteiger partial charge in [-0.2, -0.15) is 5.26 Å². The molecule has 10 heteroatoms. The number of carbonyl (C=O) groups excluding carboxylic acids is 2. The molecule has 1 aliphatic heterocycles. The monoisotopic (exact) mass is 580 g/mol. The SMILES string of the molecule is CCN1CCC(N(C#N)C(=O)[C@H](Cc2c(F)cc(OC)cc2F)NC(=O)c2ccc(-c3ccccc3Cl)cc2)CC1. The lowest BCUT2D eigenvalue weighted by Crippen LogP contribution is -2.53. The van der Waals surface area contributed by atoms with Crippen molar-refractivity contribution < 1.29 is 23.1 Å². The molecule has 0 spiro atoms. The zero-order valence-electron chi connectivity index (χ0n) is 22.9. The minimum Gasteiger partial charge on any atom is -0.497 e. The van der Waals surface area contributed by atoms with Crippen molar-refractivity contribution >= 4 is 23.4 Å². The average Bonchev–Trinajstić information content (AvgIpc) is 2.99. The molecule has 1 saturated heterocycles. The molecule has 0 radical (unpaired) electrons. The van der Waals surface area contributed by atoms with E-state index in [0.29, 0.717) is 31.0 Å². The normalized spacial score (nSPS) is 14.6. The first kappa shape index (κ1) is 30.0. The van der Waals surface area contributed by atoms with Crippen molar-refractivity contribution in [2.75, 3.05) is 26.7 Å². The molecule has 0 aromatic heterocycles. The molecule has 7 nitrogen and oxygen atoms in total. The van der Waals surface area contributed by atoms with Crippen LogP contribution in [-0.4, -0.2) is 60.4 Å². The van der Waals surface area contributed by atoms with Gasteiger partial charge in [0, 0.05) is 59.4 Å². The maximum absolute atomic E-state index is 14.9. The minimum absolute atomic E-state index is 0.0180. The van der Waals surface area contributed by atoms with E-state index in [9.17, 15) is 23.6 Å². The second kappa shape index (κ2) is 13.6. The number of piperidine rings is 1. The second-order valence-corrected chi connectivity index (χ2v) is 10.2. The zero-order valence-corrected chi connectivity index (χ0v) is 23.6. The first-order chi connectivity index (χ1) is 19.7. The Morgan fingerprint density at radius 2 is 1.76 bits per heavy atom. The van der Waals surface area contributed by atoms with Gasteiger partial charge in [0.1, 0.15) is 23.4 Å². The Kier molecular flexibility index (Phi) is 9.92. The summed E-state index contributed by atoms with van der Waals surface area (Å²) < 4.78 is 34.7. The van der Waals surface area contributed by atoms with Gasteiger partial charge in [-0.05, 0) is 43.1 Å². The van der Waals surface area contributed by atoms with E-state index in [0.717, 1.165) is 34.7 Å². The van der Waals surface area contributed by atoms with E-state index >= 15 is 0 Å². The molecule has 0 unspecified atom stereocenters. The van der Waals surface area contributed by atoms with Crippen molar-refractivity contribution in [2.24, 2.45) is 0 Å². The fourth-order valence-corrected chi connectivity index (χ4v) is 5.25. The molecule has 1 aliphatic rings. The summed E-state index contributed by atoms with van der Waals surface area (Å²) in [5.74, 6) is -3.20. The summed E-state index contributed by atoms with van der Waals surface area (Å²) in [7, 11) is 1.28. The maximum Gasteiger partial charge on any atom is 0.258 e. The van der Waals surface area contributed by atoms with Crippen molar-refractivity contribution in [3.63, 3.8) is 0 Å². The van der Waals surface area contributed by atoms with Gasteiger partial charge in [0.2, 0.25) is 0 Å². The summed E-state index contributed by atoms with van der Waals surface area (Å²) in [6.07, 6.45) is 2.61. The summed E-state index contributed by atoms with van der Waals surface area (Å²) >= 11 is 6.29. The lowest BCUT2D eigenvalue weighted by Gasteiger charge is -2.35. The lowest BCUT2D eigenvalue weighted by atomic mass is 9.99. The highest BCUT2D eigenvalue weighted by atomic mass is 35.5. The van der Waals surface area contributed by atoms with Crippen molar-refractivity contribution in [3.05, 3.63) is 88.4 Å². The molecule has 41 heavy (non-hydrogen) atoms. The number of amides is 2. The largest absolute Gasteiger partial charge is 0.497 e. The number of nitriles is 1. The lowest BCUT2D eigenvalue weighted by molar-refractivity contribution is -0.132. The van der Waals surface area contributed by atoms with Crippen LogP contribution in [0.3, 0.4) is 0 Å². The van der Waals surface area contributed by atoms with Crippen molar-refractivity contribution in [1.29, 1.82) is 5.26 Å². The Hall–Kier alpha value is -4.00.